The van der Waals surface area contributed by atoms with E-state index in [4.69, 9.17) is 10.5 Å². The molecule has 11 nitrogen and oxygen atoms in total. The Labute approximate surface area is 138 Å². The number of hydrogen-bond donors (Lipinski definition) is 3. The molecule has 128 valence electrons. The summed E-state index contributed by atoms with van der Waals surface area (Å²) in [5.41, 5.74) is 6.74. The van der Waals surface area contributed by atoms with Crippen LogP contribution in [0, 0.1) is 6.92 Å². The van der Waals surface area contributed by atoms with Crippen molar-refractivity contribution in [2.45, 2.75) is 6.92 Å². The van der Waals surface area contributed by atoms with Gasteiger partial charge in [-0.3, -0.25) is 0 Å². The summed E-state index contributed by atoms with van der Waals surface area (Å²) in [5, 5.41) is 18.2. The zero-order valence-electron chi connectivity index (χ0n) is 14.1. The van der Waals surface area contributed by atoms with Crippen molar-refractivity contribution < 1.29 is 9.53 Å². The number of rotatable bonds is 5. The standard InChI is InChI=1S/C13H19N9O2/c1-6-7(12(23)24-5)11(22(4)21-6)20-19-8-9(15-2)17-13(14)18-10(8)16-3/h1-5H3,(H4,14,15,16,17,18)/b20-19+. The Morgan fingerprint density at radius 1 is 1.21 bits per heavy atom. The number of aromatic nitrogens is 4. The highest BCUT2D eigenvalue weighted by molar-refractivity contribution is 5.95. The summed E-state index contributed by atoms with van der Waals surface area (Å²) in [5.74, 6) is 0.614. The zero-order valence-corrected chi connectivity index (χ0v) is 14.1. The molecule has 11 heteroatoms. The lowest BCUT2D eigenvalue weighted by atomic mass is 10.2. The van der Waals surface area contributed by atoms with Gasteiger partial charge in [-0.2, -0.15) is 15.1 Å². The molecule has 2 heterocycles. The average Bonchev–Trinajstić information content (AvgIpc) is 2.85. The highest BCUT2D eigenvalue weighted by Gasteiger charge is 2.21. The van der Waals surface area contributed by atoms with E-state index < -0.39 is 5.97 Å². The van der Waals surface area contributed by atoms with Gasteiger partial charge < -0.3 is 21.1 Å². The maximum absolute atomic E-state index is 11.9. The molecule has 0 aliphatic rings. The number of carbonyl (C=O) groups excluding carboxylic acids is 1. The molecule has 4 N–H and O–H groups in total. The third-order valence-electron chi connectivity index (χ3n) is 3.20. The molecular weight excluding hydrogens is 314 g/mol. The van der Waals surface area contributed by atoms with Gasteiger partial charge in [-0.05, 0) is 6.92 Å². The van der Waals surface area contributed by atoms with Gasteiger partial charge in [-0.15, -0.1) is 10.2 Å². The maximum Gasteiger partial charge on any atom is 0.343 e. The molecule has 0 atom stereocenters. The van der Waals surface area contributed by atoms with Gasteiger partial charge in [0, 0.05) is 21.1 Å². The van der Waals surface area contributed by atoms with Crippen molar-refractivity contribution in [1.82, 2.24) is 19.7 Å². The van der Waals surface area contributed by atoms with Crippen LogP contribution in [-0.2, 0) is 11.8 Å². The lowest BCUT2D eigenvalue weighted by Gasteiger charge is -2.09. The number of azo groups is 1. The summed E-state index contributed by atoms with van der Waals surface area (Å²) in [6, 6.07) is 0. The van der Waals surface area contributed by atoms with Crippen LogP contribution in [0.15, 0.2) is 10.2 Å². The first-order chi connectivity index (χ1) is 11.4. The van der Waals surface area contributed by atoms with E-state index in [9.17, 15) is 4.79 Å². The molecule has 0 aliphatic heterocycles. The third kappa shape index (κ3) is 3.09. The van der Waals surface area contributed by atoms with Crippen molar-refractivity contribution in [2.24, 2.45) is 17.3 Å². The highest BCUT2D eigenvalue weighted by Crippen LogP contribution is 2.33. The number of methoxy groups -OCH3 is 1. The molecule has 0 bridgehead atoms. The highest BCUT2D eigenvalue weighted by atomic mass is 16.5. The smallest absolute Gasteiger partial charge is 0.343 e. The Kier molecular flexibility index (Phi) is 4.92. The van der Waals surface area contributed by atoms with E-state index in [1.54, 1.807) is 28.1 Å². The maximum atomic E-state index is 11.9. The predicted octanol–water partition coefficient (Wildman–Crippen LogP) is 1.39. The molecule has 0 radical (unpaired) electrons. The molecule has 0 unspecified atom stereocenters. The number of hydrogen-bond acceptors (Lipinski definition) is 10. The minimum atomic E-state index is -0.536. The van der Waals surface area contributed by atoms with E-state index in [1.807, 2.05) is 0 Å². The minimum absolute atomic E-state index is 0.0919. The number of nitrogens with two attached hydrogens (primary N) is 1. The third-order valence-corrected chi connectivity index (χ3v) is 3.20. The van der Waals surface area contributed by atoms with Crippen LogP contribution in [0.3, 0.4) is 0 Å². The van der Waals surface area contributed by atoms with E-state index >= 15 is 0 Å². The van der Waals surface area contributed by atoms with E-state index in [0.717, 1.165) is 0 Å². The normalized spacial score (nSPS) is 10.9. The van der Waals surface area contributed by atoms with Crippen molar-refractivity contribution in [2.75, 3.05) is 37.6 Å². The fraction of sp³-hybridized carbons (Fsp3) is 0.385. The molecule has 0 fully saturated rings. The van der Waals surface area contributed by atoms with Crippen LogP contribution in [0.4, 0.5) is 29.1 Å². The number of aryl methyl sites for hydroxylation is 2. The summed E-state index contributed by atoms with van der Waals surface area (Å²) < 4.78 is 6.21. The van der Waals surface area contributed by atoms with Crippen molar-refractivity contribution in [1.29, 1.82) is 0 Å². The zero-order chi connectivity index (χ0) is 17.9. The fourth-order valence-electron chi connectivity index (χ4n) is 2.11. The van der Waals surface area contributed by atoms with Crippen LogP contribution in [0.5, 0.6) is 0 Å². The van der Waals surface area contributed by atoms with Gasteiger partial charge in [0.05, 0.1) is 12.8 Å². The average molecular weight is 333 g/mol. The first-order valence-electron chi connectivity index (χ1n) is 6.99. The summed E-state index contributed by atoms with van der Waals surface area (Å²) in [4.78, 5) is 20.1. The summed E-state index contributed by atoms with van der Waals surface area (Å²) in [6.45, 7) is 1.69. The quantitative estimate of drug-likeness (QED) is 0.549. The number of esters is 1. The number of ether oxygens (including phenoxy) is 1. The topological polar surface area (TPSA) is 145 Å². The van der Waals surface area contributed by atoms with Crippen LogP contribution < -0.4 is 16.4 Å². The van der Waals surface area contributed by atoms with Gasteiger partial charge >= 0.3 is 5.97 Å². The summed E-state index contributed by atoms with van der Waals surface area (Å²) >= 11 is 0. The fourth-order valence-corrected chi connectivity index (χ4v) is 2.11. The second kappa shape index (κ2) is 6.89. The molecule has 2 aromatic rings. The van der Waals surface area contributed by atoms with Crippen LogP contribution in [-0.4, -0.2) is 46.9 Å². The van der Waals surface area contributed by atoms with Crippen LogP contribution in [0.25, 0.3) is 0 Å². The Bertz CT molecular complexity index is 772. The number of nitrogens with one attached hydrogen (secondary N) is 2. The number of anilines is 3. The SMILES string of the molecule is CNc1nc(N)nc(NC)c1/N=N/c1c(C(=O)OC)c(C)nn1C. The Morgan fingerprint density at radius 3 is 2.29 bits per heavy atom. The number of nitrogens with zero attached hydrogens (tertiary/aromatic N) is 6. The summed E-state index contributed by atoms with van der Waals surface area (Å²) in [6.07, 6.45) is 0. The molecule has 0 saturated heterocycles. The number of carbonyl (C=O) groups is 1. The lowest BCUT2D eigenvalue weighted by molar-refractivity contribution is 0.0601. The van der Waals surface area contributed by atoms with Gasteiger partial charge in [0.1, 0.15) is 5.56 Å². The molecule has 0 aliphatic carbocycles. The van der Waals surface area contributed by atoms with Crippen molar-refractivity contribution in [3.05, 3.63) is 11.3 Å². The summed E-state index contributed by atoms with van der Waals surface area (Å²) in [7, 11) is 6.30. The van der Waals surface area contributed by atoms with Gasteiger partial charge in [0.25, 0.3) is 0 Å². The van der Waals surface area contributed by atoms with Crippen molar-refractivity contribution >= 4 is 35.1 Å². The van der Waals surface area contributed by atoms with Gasteiger partial charge in [-0.1, -0.05) is 0 Å². The van der Waals surface area contributed by atoms with Crippen LogP contribution >= 0.6 is 0 Å². The van der Waals surface area contributed by atoms with E-state index in [2.05, 4.69) is 35.9 Å². The Hall–Kier alpha value is -3.24. The van der Waals surface area contributed by atoms with Gasteiger partial charge in [0.2, 0.25) is 5.95 Å². The second-order valence-corrected chi connectivity index (χ2v) is 4.73. The van der Waals surface area contributed by atoms with E-state index in [0.29, 0.717) is 23.0 Å². The first kappa shape index (κ1) is 17.1. The van der Waals surface area contributed by atoms with E-state index in [1.165, 1.54) is 11.8 Å². The van der Waals surface area contributed by atoms with Crippen molar-refractivity contribution in [3.63, 3.8) is 0 Å². The largest absolute Gasteiger partial charge is 0.465 e. The van der Waals surface area contributed by atoms with Gasteiger partial charge in [0.15, 0.2) is 23.1 Å². The minimum Gasteiger partial charge on any atom is -0.465 e. The Morgan fingerprint density at radius 2 is 1.79 bits per heavy atom. The molecule has 0 aromatic carbocycles. The monoisotopic (exact) mass is 333 g/mol. The van der Waals surface area contributed by atoms with E-state index in [-0.39, 0.29) is 17.3 Å². The molecule has 0 saturated carbocycles. The predicted molar refractivity (Wildman–Crippen MR) is 89.0 cm³/mol. The second-order valence-electron chi connectivity index (χ2n) is 4.73. The molecule has 0 amide bonds. The van der Waals surface area contributed by atoms with Gasteiger partial charge in [-0.25, -0.2) is 9.48 Å². The molecular formula is C13H19N9O2. The lowest BCUT2D eigenvalue weighted by Crippen LogP contribution is -2.04. The molecule has 2 aromatic heterocycles. The molecule has 2 rings (SSSR count). The molecule has 24 heavy (non-hydrogen) atoms. The first-order valence-corrected chi connectivity index (χ1v) is 6.99. The van der Waals surface area contributed by atoms with Crippen LogP contribution in [0.2, 0.25) is 0 Å². The number of nitrogen functional groups attached to an aromatic ring is 1. The Balaban J connectivity index is 2.55. The van der Waals surface area contributed by atoms with Crippen LogP contribution in [0.1, 0.15) is 16.1 Å². The molecule has 0 spiro atoms. The van der Waals surface area contributed by atoms with Crippen molar-refractivity contribution in [3.8, 4) is 0 Å².